The first-order chi connectivity index (χ1) is 14.1. The molecule has 3 rings (SSSR count). The molecule has 30 heavy (non-hydrogen) atoms. The van der Waals surface area contributed by atoms with Gasteiger partial charge in [0, 0.05) is 38.8 Å². The Morgan fingerprint density at radius 1 is 1.13 bits per heavy atom. The van der Waals surface area contributed by atoms with Gasteiger partial charge in [0.05, 0.1) is 12.8 Å². The van der Waals surface area contributed by atoms with E-state index in [4.69, 9.17) is 9.41 Å². The first-order valence-electron chi connectivity index (χ1n) is 11.2. The van der Waals surface area contributed by atoms with E-state index in [1.807, 2.05) is 4.90 Å². The van der Waals surface area contributed by atoms with Gasteiger partial charge in [-0.1, -0.05) is 13.8 Å². The lowest BCUT2D eigenvalue weighted by Crippen LogP contribution is -2.54. The highest BCUT2D eigenvalue weighted by atomic mass is 127. The average Bonchev–Trinajstić information content (AvgIpc) is 3.43. The second-order valence-electron chi connectivity index (χ2n) is 8.48. The Morgan fingerprint density at radius 2 is 1.80 bits per heavy atom. The van der Waals surface area contributed by atoms with Crippen LogP contribution >= 0.6 is 24.0 Å². The molecule has 1 atom stereocenters. The summed E-state index contributed by atoms with van der Waals surface area (Å²) in [7, 11) is 0. The summed E-state index contributed by atoms with van der Waals surface area (Å²) in [6, 6.07) is 4.01. The van der Waals surface area contributed by atoms with Gasteiger partial charge in [-0.3, -0.25) is 14.7 Å². The fraction of sp³-hybridized carbons (Fsp3) is 0.727. The van der Waals surface area contributed by atoms with E-state index in [0.717, 1.165) is 32.1 Å². The molecule has 0 radical (unpaired) electrons. The number of halogens is 1. The minimum absolute atomic E-state index is 0. The van der Waals surface area contributed by atoms with Crippen LogP contribution < -0.4 is 5.32 Å². The fourth-order valence-electron chi connectivity index (χ4n) is 4.29. The van der Waals surface area contributed by atoms with Crippen LogP contribution in [0, 0.1) is 5.92 Å². The molecule has 2 fully saturated rings. The Bertz CT molecular complexity index is 650. The van der Waals surface area contributed by atoms with Crippen molar-refractivity contribution < 1.29 is 9.21 Å². The van der Waals surface area contributed by atoms with Crippen molar-refractivity contribution in [1.82, 2.24) is 20.0 Å². The molecular formula is C22H38IN5O2. The van der Waals surface area contributed by atoms with Gasteiger partial charge < -0.3 is 19.5 Å². The van der Waals surface area contributed by atoms with Gasteiger partial charge in [0.15, 0.2) is 11.7 Å². The number of piperazine rings is 1. The summed E-state index contributed by atoms with van der Waals surface area (Å²) in [5.41, 5.74) is 0. The van der Waals surface area contributed by atoms with Gasteiger partial charge in [-0.15, -0.1) is 24.0 Å². The summed E-state index contributed by atoms with van der Waals surface area (Å²) < 4.78 is 5.26. The number of nitrogens with zero attached hydrogens (tertiary/aromatic N) is 4. The lowest BCUT2D eigenvalue weighted by molar-refractivity contribution is 0.0657. The number of carbonyl (C=O) groups is 1. The van der Waals surface area contributed by atoms with Crippen LogP contribution in [0.3, 0.4) is 0 Å². The van der Waals surface area contributed by atoms with Crippen LogP contribution in [-0.4, -0.2) is 85.0 Å². The molecule has 1 aromatic heterocycles. The molecule has 170 valence electrons. The summed E-state index contributed by atoms with van der Waals surface area (Å²) in [6.45, 7) is 13.8. The van der Waals surface area contributed by atoms with E-state index in [-0.39, 0.29) is 29.9 Å². The van der Waals surface area contributed by atoms with Crippen LogP contribution in [0.2, 0.25) is 0 Å². The molecule has 3 heterocycles. The molecule has 1 unspecified atom stereocenters. The standard InChI is InChI=1S/C22H37N5O2.HI/c1-4-23-22(24-17-19(16-18(2)3)25-9-5-6-10-25)27-13-11-26(12-14-27)21(28)20-8-7-15-29-20;/h7-8,15,18-19H,4-6,9-14,16-17H2,1-3H3,(H,23,24);1H. The van der Waals surface area contributed by atoms with E-state index in [9.17, 15) is 4.79 Å². The number of rotatable bonds is 7. The summed E-state index contributed by atoms with van der Waals surface area (Å²) in [5.74, 6) is 2.05. The highest BCUT2D eigenvalue weighted by Crippen LogP contribution is 2.18. The van der Waals surface area contributed by atoms with Crippen LogP contribution in [0.4, 0.5) is 0 Å². The molecular weight excluding hydrogens is 493 g/mol. The number of amides is 1. The lowest BCUT2D eigenvalue weighted by Gasteiger charge is -2.36. The molecule has 1 N–H and O–H groups in total. The van der Waals surface area contributed by atoms with E-state index in [1.54, 1.807) is 18.4 Å². The fourth-order valence-corrected chi connectivity index (χ4v) is 4.29. The zero-order valence-electron chi connectivity index (χ0n) is 18.7. The molecule has 2 saturated heterocycles. The van der Waals surface area contributed by atoms with Crippen molar-refractivity contribution in [2.45, 2.75) is 46.1 Å². The maximum absolute atomic E-state index is 12.5. The molecule has 0 aromatic carbocycles. The molecule has 1 aromatic rings. The first kappa shape index (κ1) is 25.0. The molecule has 0 aliphatic carbocycles. The molecule has 0 spiro atoms. The molecule has 8 heteroatoms. The van der Waals surface area contributed by atoms with Crippen LogP contribution in [0.15, 0.2) is 27.8 Å². The highest BCUT2D eigenvalue weighted by molar-refractivity contribution is 14.0. The van der Waals surface area contributed by atoms with E-state index in [1.165, 1.54) is 32.4 Å². The Hall–Kier alpha value is -1.29. The van der Waals surface area contributed by atoms with Crippen LogP contribution in [0.1, 0.15) is 50.6 Å². The summed E-state index contributed by atoms with van der Waals surface area (Å²) in [5, 5.41) is 3.46. The molecule has 2 aliphatic heterocycles. The maximum Gasteiger partial charge on any atom is 0.289 e. The zero-order chi connectivity index (χ0) is 20.6. The Kier molecular flexibility index (Phi) is 10.4. The number of guanidine groups is 1. The lowest BCUT2D eigenvalue weighted by atomic mass is 10.0. The zero-order valence-corrected chi connectivity index (χ0v) is 21.0. The largest absolute Gasteiger partial charge is 0.459 e. The van der Waals surface area contributed by atoms with Gasteiger partial charge in [0.25, 0.3) is 5.91 Å². The van der Waals surface area contributed by atoms with Crippen LogP contribution in [-0.2, 0) is 0 Å². The van der Waals surface area contributed by atoms with E-state index >= 15 is 0 Å². The number of aliphatic imine (C=N–C) groups is 1. The van der Waals surface area contributed by atoms with E-state index in [0.29, 0.717) is 30.8 Å². The quantitative estimate of drug-likeness (QED) is 0.333. The predicted octanol–water partition coefficient (Wildman–Crippen LogP) is 3.13. The van der Waals surface area contributed by atoms with Gasteiger partial charge in [0.1, 0.15) is 0 Å². The van der Waals surface area contributed by atoms with Crippen molar-refractivity contribution in [3.8, 4) is 0 Å². The third-order valence-corrected chi connectivity index (χ3v) is 5.79. The van der Waals surface area contributed by atoms with Crippen LogP contribution in [0.5, 0.6) is 0 Å². The molecule has 0 saturated carbocycles. The SMILES string of the molecule is CCNC(=NCC(CC(C)C)N1CCCC1)N1CCN(C(=O)c2ccco2)CC1.I. The number of likely N-dealkylation sites (tertiary alicyclic amines) is 1. The minimum Gasteiger partial charge on any atom is -0.459 e. The minimum atomic E-state index is -0.0254. The third-order valence-electron chi connectivity index (χ3n) is 5.79. The van der Waals surface area contributed by atoms with E-state index in [2.05, 4.69) is 35.9 Å². The van der Waals surface area contributed by atoms with Crippen molar-refractivity contribution in [3.05, 3.63) is 24.2 Å². The number of furan rings is 1. The Balaban J connectivity index is 0.00000320. The topological polar surface area (TPSA) is 64.3 Å². The summed E-state index contributed by atoms with van der Waals surface area (Å²) >= 11 is 0. The monoisotopic (exact) mass is 531 g/mol. The second-order valence-corrected chi connectivity index (χ2v) is 8.48. The van der Waals surface area contributed by atoms with Crippen molar-refractivity contribution in [2.24, 2.45) is 10.9 Å². The van der Waals surface area contributed by atoms with Crippen molar-refractivity contribution in [2.75, 3.05) is 52.4 Å². The highest BCUT2D eigenvalue weighted by Gasteiger charge is 2.26. The van der Waals surface area contributed by atoms with Crippen LogP contribution in [0.25, 0.3) is 0 Å². The average molecular weight is 531 g/mol. The van der Waals surface area contributed by atoms with Gasteiger partial charge in [-0.2, -0.15) is 0 Å². The van der Waals surface area contributed by atoms with Gasteiger partial charge >= 0.3 is 0 Å². The van der Waals surface area contributed by atoms with Gasteiger partial charge in [0.2, 0.25) is 0 Å². The third kappa shape index (κ3) is 6.87. The molecule has 7 nitrogen and oxygen atoms in total. The van der Waals surface area contributed by atoms with Crippen molar-refractivity contribution in [1.29, 1.82) is 0 Å². The number of hydrogen-bond donors (Lipinski definition) is 1. The summed E-state index contributed by atoms with van der Waals surface area (Å²) in [6.07, 6.45) is 5.36. The summed E-state index contributed by atoms with van der Waals surface area (Å²) in [4.78, 5) is 24.3. The molecule has 2 aliphatic rings. The maximum atomic E-state index is 12.5. The Morgan fingerprint density at radius 3 is 2.37 bits per heavy atom. The number of carbonyl (C=O) groups excluding carboxylic acids is 1. The van der Waals surface area contributed by atoms with E-state index < -0.39 is 0 Å². The molecule has 0 bridgehead atoms. The normalized spacial score (nSPS) is 19.1. The molecule has 1 amide bonds. The number of hydrogen-bond acceptors (Lipinski definition) is 4. The first-order valence-corrected chi connectivity index (χ1v) is 11.2. The van der Waals surface area contributed by atoms with Crippen molar-refractivity contribution >= 4 is 35.8 Å². The van der Waals surface area contributed by atoms with Gasteiger partial charge in [-0.25, -0.2) is 0 Å². The second kappa shape index (κ2) is 12.5. The predicted molar refractivity (Wildman–Crippen MR) is 132 cm³/mol. The van der Waals surface area contributed by atoms with Gasteiger partial charge in [-0.05, 0) is 57.3 Å². The smallest absolute Gasteiger partial charge is 0.289 e. The Labute approximate surface area is 198 Å². The van der Waals surface area contributed by atoms with Crippen molar-refractivity contribution in [3.63, 3.8) is 0 Å². The number of nitrogens with one attached hydrogen (secondary N) is 1.